The highest BCUT2D eigenvalue weighted by atomic mass is 16.5. The number of aromatic nitrogens is 4. The summed E-state index contributed by atoms with van der Waals surface area (Å²) in [6, 6.07) is 3.85. The quantitative estimate of drug-likeness (QED) is 0.734. The largest absolute Gasteiger partial charge is 0.383 e. The lowest BCUT2D eigenvalue weighted by Gasteiger charge is -2.16. The number of nitrogens with one attached hydrogen (secondary N) is 2. The second-order valence-corrected chi connectivity index (χ2v) is 4.43. The Morgan fingerprint density at radius 1 is 1.53 bits per heavy atom. The zero-order valence-corrected chi connectivity index (χ0v) is 11.2. The molecule has 0 bridgehead atoms. The fraction of sp³-hybridized carbons (Fsp3) is 0.583. The van der Waals surface area contributed by atoms with Crippen LogP contribution in [0.3, 0.4) is 0 Å². The van der Waals surface area contributed by atoms with Crippen molar-refractivity contribution in [3.05, 3.63) is 28.3 Å². The molecule has 2 aromatic rings. The Morgan fingerprint density at radius 2 is 2.37 bits per heavy atom. The zero-order valence-electron chi connectivity index (χ0n) is 11.2. The average Bonchev–Trinajstić information content (AvgIpc) is 2.78. The van der Waals surface area contributed by atoms with Gasteiger partial charge in [-0.25, -0.2) is 9.89 Å². The van der Waals surface area contributed by atoms with E-state index in [1.54, 1.807) is 13.2 Å². The molecule has 0 fully saturated rings. The molecule has 0 saturated carbocycles. The van der Waals surface area contributed by atoms with Gasteiger partial charge in [0.15, 0.2) is 5.65 Å². The Kier molecular flexibility index (Phi) is 4.64. The van der Waals surface area contributed by atoms with E-state index in [1.807, 2.05) is 6.07 Å². The van der Waals surface area contributed by atoms with Crippen molar-refractivity contribution in [3.63, 3.8) is 0 Å². The summed E-state index contributed by atoms with van der Waals surface area (Å²) < 4.78 is 6.47. The summed E-state index contributed by atoms with van der Waals surface area (Å²) >= 11 is 0. The molecule has 104 valence electrons. The molecule has 0 aromatic carbocycles. The van der Waals surface area contributed by atoms with Gasteiger partial charge in [-0.3, -0.25) is 0 Å². The van der Waals surface area contributed by atoms with Crippen molar-refractivity contribution in [2.24, 2.45) is 0 Å². The Balaban J connectivity index is 2.13. The third-order valence-corrected chi connectivity index (χ3v) is 2.84. The number of fused-ring (bicyclic) bond motifs is 1. The number of nitrogens with zero attached hydrogens (tertiary/aromatic N) is 3. The zero-order chi connectivity index (χ0) is 13.7. The number of methoxy groups -OCH3 is 1. The molecule has 2 N–H and O–H groups in total. The molecule has 0 aliphatic heterocycles. The maximum atomic E-state index is 11.5. The summed E-state index contributed by atoms with van der Waals surface area (Å²) in [5.41, 5.74) is 1.04. The van der Waals surface area contributed by atoms with Crippen LogP contribution in [0, 0.1) is 0 Å². The highest BCUT2D eigenvalue weighted by Crippen LogP contribution is 2.02. The number of hydrogen-bond donors (Lipinski definition) is 2. The van der Waals surface area contributed by atoms with Crippen LogP contribution in [0.1, 0.15) is 19.0 Å². The molecule has 0 saturated heterocycles. The van der Waals surface area contributed by atoms with Gasteiger partial charge in [-0.1, -0.05) is 6.92 Å². The van der Waals surface area contributed by atoms with Crippen LogP contribution >= 0.6 is 0 Å². The summed E-state index contributed by atoms with van der Waals surface area (Å²) in [6.45, 7) is 3.66. The third-order valence-electron chi connectivity index (χ3n) is 2.84. The van der Waals surface area contributed by atoms with Gasteiger partial charge >= 0.3 is 5.69 Å². The molecule has 2 rings (SSSR count). The first-order chi connectivity index (χ1) is 9.24. The van der Waals surface area contributed by atoms with Crippen LogP contribution < -0.4 is 11.0 Å². The molecular weight excluding hydrogens is 246 g/mol. The molecule has 1 atom stereocenters. The van der Waals surface area contributed by atoms with E-state index in [1.165, 1.54) is 4.52 Å². The molecule has 0 spiro atoms. The minimum atomic E-state index is -0.318. The SMILES string of the molecule is CCCNC(COC)Cc1ccc2n[nH]c(=O)n2n1. The van der Waals surface area contributed by atoms with Crippen LogP contribution in [-0.4, -0.2) is 46.1 Å². The van der Waals surface area contributed by atoms with Crippen LogP contribution in [0.5, 0.6) is 0 Å². The molecule has 0 aliphatic rings. The van der Waals surface area contributed by atoms with Crippen LogP contribution in [0.4, 0.5) is 0 Å². The topological polar surface area (TPSA) is 84.3 Å². The summed E-state index contributed by atoms with van der Waals surface area (Å²) in [7, 11) is 1.68. The fourth-order valence-electron chi connectivity index (χ4n) is 1.94. The highest BCUT2D eigenvalue weighted by Gasteiger charge is 2.11. The predicted octanol–water partition coefficient (Wildman–Crippen LogP) is -0.0253. The molecule has 0 amide bonds. The normalized spacial score (nSPS) is 12.9. The van der Waals surface area contributed by atoms with Crippen molar-refractivity contribution >= 4 is 5.65 Å². The summed E-state index contributed by atoms with van der Waals surface area (Å²) in [6.07, 6.45) is 1.77. The van der Waals surface area contributed by atoms with Gasteiger partial charge in [-0.2, -0.15) is 14.7 Å². The number of H-pyrrole nitrogens is 1. The first-order valence-electron chi connectivity index (χ1n) is 6.40. The van der Waals surface area contributed by atoms with Crippen molar-refractivity contribution in [1.82, 2.24) is 25.1 Å². The van der Waals surface area contributed by atoms with Gasteiger partial charge in [0.2, 0.25) is 0 Å². The van der Waals surface area contributed by atoms with Gasteiger partial charge in [0.1, 0.15) is 0 Å². The molecule has 1 unspecified atom stereocenters. The minimum absolute atomic E-state index is 0.192. The number of ether oxygens (including phenoxy) is 1. The molecule has 7 heteroatoms. The van der Waals surface area contributed by atoms with E-state index in [-0.39, 0.29) is 11.7 Å². The third kappa shape index (κ3) is 3.39. The monoisotopic (exact) mass is 265 g/mol. The molecule has 0 aliphatic carbocycles. The second-order valence-electron chi connectivity index (χ2n) is 4.43. The first-order valence-corrected chi connectivity index (χ1v) is 6.40. The lowest BCUT2D eigenvalue weighted by atomic mass is 10.1. The Bertz CT molecular complexity index is 577. The van der Waals surface area contributed by atoms with E-state index in [0.717, 1.165) is 18.7 Å². The fourth-order valence-corrected chi connectivity index (χ4v) is 1.94. The first kappa shape index (κ1) is 13.7. The van der Waals surface area contributed by atoms with E-state index < -0.39 is 0 Å². The van der Waals surface area contributed by atoms with Crippen molar-refractivity contribution in [1.29, 1.82) is 0 Å². The molecule has 0 radical (unpaired) electrons. The predicted molar refractivity (Wildman–Crippen MR) is 71.3 cm³/mol. The van der Waals surface area contributed by atoms with Gasteiger partial charge < -0.3 is 10.1 Å². The van der Waals surface area contributed by atoms with Crippen molar-refractivity contribution in [2.75, 3.05) is 20.3 Å². The average molecular weight is 265 g/mol. The van der Waals surface area contributed by atoms with Gasteiger partial charge in [-0.05, 0) is 25.1 Å². The van der Waals surface area contributed by atoms with Crippen LogP contribution in [0.25, 0.3) is 5.65 Å². The smallest absolute Gasteiger partial charge is 0.364 e. The van der Waals surface area contributed by atoms with E-state index >= 15 is 0 Å². The van der Waals surface area contributed by atoms with Crippen molar-refractivity contribution < 1.29 is 4.74 Å². The lowest BCUT2D eigenvalue weighted by Crippen LogP contribution is -2.36. The van der Waals surface area contributed by atoms with E-state index in [2.05, 4.69) is 27.5 Å². The van der Waals surface area contributed by atoms with Gasteiger partial charge in [-0.15, -0.1) is 0 Å². The molecule has 7 nitrogen and oxygen atoms in total. The standard InChI is InChI=1S/C12H19N5O2/c1-3-6-13-10(8-19-2)7-9-4-5-11-14-15-12(18)17(11)16-9/h4-5,10,13H,3,6-8H2,1-2H3,(H,15,18). The van der Waals surface area contributed by atoms with Crippen molar-refractivity contribution in [2.45, 2.75) is 25.8 Å². The molecule has 2 aromatic heterocycles. The van der Waals surface area contributed by atoms with E-state index in [0.29, 0.717) is 18.7 Å². The second kappa shape index (κ2) is 6.44. The molecular formula is C12H19N5O2. The summed E-state index contributed by atoms with van der Waals surface area (Å²) in [4.78, 5) is 11.5. The number of aromatic amines is 1. The van der Waals surface area contributed by atoms with E-state index in [4.69, 9.17) is 4.74 Å². The van der Waals surface area contributed by atoms with Crippen LogP contribution in [-0.2, 0) is 11.2 Å². The Labute approximate surface area is 111 Å². The van der Waals surface area contributed by atoms with Crippen molar-refractivity contribution in [3.8, 4) is 0 Å². The van der Waals surface area contributed by atoms with Gasteiger partial charge in [0.05, 0.1) is 12.3 Å². The maximum absolute atomic E-state index is 11.5. The highest BCUT2D eigenvalue weighted by molar-refractivity contribution is 5.34. The summed E-state index contributed by atoms with van der Waals surface area (Å²) in [5.74, 6) is 0. The number of hydrogen-bond acceptors (Lipinski definition) is 5. The van der Waals surface area contributed by atoms with Gasteiger partial charge in [0, 0.05) is 19.6 Å². The Morgan fingerprint density at radius 3 is 3.11 bits per heavy atom. The maximum Gasteiger partial charge on any atom is 0.364 e. The van der Waals surface area contributed by atoms with Crippen LogP contribution in [0.15, 0.2) is 16.9 Å². The van der Waals surface area contributed by atoms with Gasteiger partial charge in [0.25, 0.3) is 0 Å². The van der Waals surface area contributed by atoms with Crippen LogP contribution in [0.2, 0.25) is 0 Å². The molecule has 2 heterocycles. The lowest BCUT2D eigenvalue weighted by molar-refractivity contribution is 0.165. The summed E-state index contributed by atoms with van der Waals surface area (Å²) in [5, 5.41) is 13.9. The molecule has 19 heavy (non-hydrogen) atoms. The Hall–Kier alpha value is -1.73. The van der Waals surface area contributed by atoms with E-state index in [9.17, 15) is 4.79 Å². The number of rotatable bonds is 7. The minimum Gasteiger partial charge on any atom is -0.383 e.